The molecule has 1 unspecified atom stereocenters. The van der Waals surface area contributed by atoms with Crippen LogP contribution in [0.4, 0.5) is 9.59 Å². The van der Waals surface area contributed by atoms with Crippen molar-refractivity contribution in [1.29, 1.82) is 0 Å². The fourth-order valence-electron chi connectivity index (χ4n) is 1.86. The Balaban J connectivity index is 4.34. The molecule has 1 atom stereocenters. The Labute approximate surface area is 149 Å². The van der Waals surface area contributed by atoms with E-state index < -0.39 is 34.9 Å². The number of alkyl carbamates (subject to hydrolysis) is 2. The van der Waals surface area contributed by atoms with E-state index in [1.54, 1.807) is 41.5 Å². The summed E-state index contributed by atoms with van der Waals surface area (Å²) in [5.74, 6) is -1.14. The van der Waals surface area contributed by atoms with E-state index in [1.165, 1.54) is 6.92 Å². The summed E-state index contributed by atoms with van der Waals surface area (Å²) in [4.78, 5) is 34.8. The van der Waals surface area contributed by atoms with Gasteiger partial charge in [-0.1, -0.05) is 0 Å². The highest BCUT2D eigenvalue weighted by molar-refractivity contribution is 5.83. The number of unbranched alkanes of at least 4 members (excludes halogenated alkanes) is 1. The van der Waals surface area contributed by atoms with Gasteiger partial charge in [-0.25, -0.2) is 14.4 Å². The lowest BCUT2D eigenvalue weighted by Crippen LogP contribution is -2.53. The fourth-order valence-corrected chi connectivity index (χ4v) is 1.86. The summed E-state index contributed by atoms with van der Waals surface area (Å²) in [6, 6.07) is 0. The van der Waals surface area contributed by atoms with Gasteiger partial charge in [-0.05, 0) is 67.7 Å². The number of aliphatic carboxylic acids is 1. The van der Waals surface area contributed by atoms with Crippen LogP contribution < -0.4 is 10.6 Å². The molecule has 3 N–H and O–H groups in total. The number of ether oxygens (including phenoxy) is 2. The third kappa shape index (κ3) is 11.2. The second-order valence-corrected chi connectivity index (χ2v) is 8.15. The molecule has 146 valence electrons. The Morgan fingerprint density at radius 2 is 1.32 bits per heavy atom. The Morgan fingerprint density at radius 1 is 0.840 bits per heavy atom. The van der Waals surface area contributed by atoms with E-state index in [-0.39, 0.29) is 6.42 Å². The van der Waals surface area contributed by atoms with Gasteiger partial charge in [0, 0.05) is 6.54 Å². The first-order valence-corrected chi connectivity index (χ1v) is 8.36. The van der Waals surface area contributed by atoms with E-state index in [9.17, 15) is 19.5 Å². The SMILES string of the molecule is CC(C)(C)OC(=O)NCCCCC(C)(NC(=O)OC(C)(C)C)C(=O)O. The molecule has 0 saturated carbocycles. The predicted molar refractivity (Wildman–Crippen MR) is 93.5 cm³/mol. The van der Waals surface area contributed by atoms with Crippen molar-refractivity contribution in [2.24, 2.45) is 0 Å². The largest absolute Gasteiger partial charge is 0.480 e. The molecular weight excluding hydrogens is 328 g/mol. The van der Waals surface area contributed by atoms with Gasteiger partial charge in [0.1, 0.15) is 16.7 Å². The molecule has 0 radical (unpaired) electrons. The number of nitrogens with one attached hydrogen (secondary N) is 2. The quantitative estimate of drug-likeness (QED) is 0.601. The maximum Gasteiger partial charge on any atom is 0.408 e. The average molecular weight is 360 g/mol. The van der Waals surface area contributed by atoms with Crippen LogP contribution in [0.15, 0.2) is 0 Å². The van der Waals surface area contributed by atoms with Gasteiger partial charge in [-0.3, -0.25) is 0 Å². The van der Waals surface area contributed by atoms with Gasteiger partial charge >= 0.3 is 18.2 Å². The molecule has 0 aromatic carbocycles. The number of amides is 2. The first-order chi connectivity index (χ1) is 11.1. The summed E-state index contributed by atoms with van der Waals surface area (Å²) in [7, 11) is 0. The second kappa shape index (κ2) is 8.92. The number of carboxylic acid groups (broad SMARTS) is 1. The van der Waals surface area contributed by atoms with Crippen LogP contribution in [-0.2, 0) is 14.3 Å². The Hall–Kier alpha value is -1.99. The molecule has 0 saturated heterocycles. The number of rotatable bonds is 7. The smallest absolute Gasteiger partial charge is 0.408 e. The molecule has 8 heteroatoms. The van der Waals surface area contributed by atoms with Crippen LogP contribution >= 0.6 is 0 Å². The lowest BCUT2D eigenvalue weighted by molar-refractivity contribution is -0.144. The van der Waals surface area contributed by atoms with Crippen LogP contribution in [0.3, 0.4) is 0 Å². The number of carbonyl (C=O) groups is 3. The summed E-state index contributed by atoms with van der Waals surface area (Å²) in [5.41, 5.74) is -2.71. The van der Waals surface area contributed by atoms with Gasteiger partial charge in [0.2, 0.25) is 0 Å². The molecular formula is C17H32N2O6. The van der Waals surface area contributed by atoms with Gasteiger partial charge in [-0.15, -0.1) is 0 Å². The number of hydrogen-bond donors (Lipinski definition) is 3. The fraction of sp³-hybridized carbons (Fsp3) is 0.824. The lowest BCUT2D eigenvalue weighted by Gasteiger charge is -2.28. The topological polar surface area (TPSA) is 114 Å². The predicted octanol–water partition coefficient (Wildman–Crippen LogP) is 3.05. The van der Waals surface area contributed by atoms with E-state index in [0.717, 1.165) is 0 Å². The Kier molecular flexibility index (Phi) is 8.21. The normalized spacial score (nSPS) is 14.2. The van der Waals surface area contributed by atoms with Crippen molar-refractivity contribution < 1.29 is 29.0 Å². The summed E-state index contributed by atoms with van der Waals surface area (Å²) >= 11 is 0. The molecule has 0 spiro atoms. The molecule has 0 aliphatic rings. The van der Waals surface area contributed by atoms with Crippen molar-refractivity contribution in [1.82, 2.24) is 10.6 Å². The van der Waals surface area contributed by atoms with Gasteiger partial charge in [0.15, 0.2) is 0 Å². The third-order valence-corrected chi connectivity index (χ3v) is 3.02. The number of carbonyl (C=O) groups excluding carboxylic acids is 2. The van der Waals surface area contributed by atoms with Crippen molar-refractivity contribution in [3.05, 3.63) is 0 Å². The summed E-state index contributed by atoms with van der Waals surface area (Å²) in [6.07, 6.45) is -0.0333. The zero-order valence-electron chi connectivity index (χ0n) is 16.3. The molecule has 2 amide bonds. The molecule has 0 aromatic rings. The van der Waals surface area contributed by atoms with Crippen LogP contribution in [0.25, 0.3) is 0 Å². The number of carboxylic acids is 1. The molecule has 8 nitrogen and oxygen atoms in total. The molecule has 0 fully saturated rings. The molecule has 0 heterocycles. The highest BCUT2D eigenvalue weighted by Crippen LogP contribution is 2.16. The van der Waals surface area contributed by atoms with Gasteiger partial charge in [-0.2, -0.15) is 0 Å². The minimum absolute atomic E-state index is 0.206. The van der Waals surface area contributed by atoms with E-state index in [4.69, 9.17) is 9.47 Å². The maximum atomic E-state index is 11.8. The van der Waals surface area contributed by atoms with E-state index in [2.05, 4.69) is 10.6 Å². The summed E-state index contributed by atoms with van der Waals surface area (Å²) in [6.45, 7) is 12.2. The van der Waals surface area contributed by atoms with Gasteiger partial charge in [0.05, 0.1) is 0 Å². The summed E-state index contributed by atoms with van der Waals surface area (Å²) < 4.78 is 10.2. The first-order valence-electron chi connectivity index (χ1n) is 8.36. The minimum Gasteiger partial charge on any atom is -0.480 e. The Bertz CT molecular complexity index is 479. The third-order valence-electron chi connectivity index (χ3n) is 3.02. The maximum absolute atomic E-state index is 11.8. The van der Waals surface area contributed by atoms with E-state index in [1.807, 2.05) is 0 Å². The van der Waals surface area contributed by atoms with Crippen molar-refractivity contribution in [2.45, 2.75) is 84.5 Å². The van der Waals surface area contributed by atoms with Crippen LogP contribution in [0.5, 0.6) is 0 Å². The molecule has 0 aliphatic heterocycles. The van der Waals surface area contributed by atoms with Crippen LogP contribution in [0.2, 0.25) is 0 Å². The Morgan fingerprint density at radius 3 is 1.76 bits per heavy atom. The van der Waals surface area contributed by atoms with Crippen molar-refractivity contribution in [2.75, 3.05) is 6.54 Å². The lowest BCUT2D eigenvalue weighted by atomic mass is 9.95. The molecule has 0 aromatic heterocycles. The first kappa shape index (κ1) is 23.0. The van der Waals surface area contributed by atoms with E-state index >= 15 is 0 Å². The van der Waals surface area contributed by atoms with E-state index in [0.29, 0.717) is 19.4 Å². The molecule has 0 rings (SSSR count). The zero-order chi connectivity index (χ0) is 19.9. The molecule has 25 heavy (non-hydrogen) atoms. The standard InChI is InChI=1S/C17H32N2O6/c1-15(2,3)24-13(22)18-11-9-8-10-17(7,12(20)21)19-14(23)25-16(4,5)6/h8-11H2,1-7H3,(H,18,22)(H,19,23)(H,20,21). The minimum atomic E-state index is -1.44. The molecule has 0 bridgehead atoms. The van der Waals surface area contributed by atoms with Crippen molar-refractivity contribution >= 4 is 18.2 Å². The van der Waals surface area contributed by atoms with Crippen molar-refractivity contribution in [3.8, 4) is 0 Å². The van der Waals surface area contributed by atoms with Crippen LogP contribution in [-0.4, -0.2) is 46.5 Å². The van der Waals surface area contributed by atoms with Gasteiger partial charge < -0.3 is 25.2 Å². The van der Waals surface area contributed by atoms with Crippen molar-refractivity contribution in [3.63, 3.8) is 0 Å². The molecule has 0 aliphatic carbocycles. The monoisotopic (exact) mass is 360 g/mol. The highest BCUT2D eigenvalue weighted by atomic mass is 16.6. The highest BCUT2D eigenvalue weighted by Gasteiger charge is 2.35. The zero-order valence-corrected chi connectivity index (χ0v) is 16.3. The summed E-state index contributed by atoms with van der Waals surface area (Å²) in [5, 5.41) is 14.4. The number of hydrogen-bond acceptors (Lipinski definition) is 5. The van der Waals surface area contributed by atoms with Crippen LogP contribution in [0, 0.1) is 0 Å². The van der Waals surface area contributed by atoms with Crippen LogP contribution in [0.1, 0.15) is 67.7 Å². The second-order valence-electron chi connectivity index (χ2n) is 8.15. The van der Waals surface area contributed by atoms with Gasteiger partial charge in [0.25, 0.3) is 0 Å². The average Bonchev–Trinajstić information content (AvgIpc) is 2.33.